The molecule has 0 saturated carbocycles. The van der Waals surface area contributed by atoms with E-state index in [0.717, 1.165) is 84.5 Å². The second-order valence-corrected chi connectivity index (χ2v) is 10.2. The van der Waals surface area contributed by atoms with E-state index >= 15 is 0 Å². The number of benzene rings is 5. The highest BCUT2D eigenvalue weighted by Gasteiger charge is 2.17. The maximum absolute atomic E-state index is 11.5. The van der Waals surface area contributed by atoms with E-state index in [1.54, 1.807) is 0 Å². The topological polar surface area (TPSA) is 42.4 Å². The van der Waals surface area contributed by atoms with Crippen LogP contribution in [-0.4, -0.2) is 16.7 Å². The molecule has 182 valence electrons. The van der Waals surface area contributed by atoms with Crippen molar-refractivity contribution in [3.8, 4) is 33.9 Å². The number of nitrogens with zero attached hydrogens (tertiary/aromatic N) is 1. The summed E-state index contributed by atoms with van der Waals surface area (Å²) >= 11 is 3.53. The maximum atomic E-state index is 11.5. The molecule has 3 nitrogen and oxygen atoms in total. The molecule has 0 aliphatic heterocycles. The van der Waals surface area contributed by atoms with Crippen LogP contribution in [0.2, 0.25) is 0 Å². The zero-order valence-electron chi connectivity index (χ0n) is 20.5. The van der Waals surface area contributed by atoms with Crippen LogP contribution in [-0.2, 0) is 0 Å². The Bertz CT molecular complexity index is 1740. The van der Waals surface area contributed by atoms with E-state index in [-0.39, 0.29) is 5.75 Å². The number of rotatable bonds is 6. The third-order valence-corrected chi connectivity index (χ3v) is 7.36. The summed E-state index contributed by atoms with van der Waals surface area (Å²) in [6.07, 6.45) is 2.14. The van der Waals surface area contributed by atoms with E-state index in [1.807, 2.05) is 48.5 Å². The van der Waals surface area contributed by atoms with Gasteiger partial charge >= 0.3 is 0 Å². The van der Waals surface area contributed by atoms with Gasteiger partial charge in [0.15, 0.2) is 0 Å². The molecular formula is C33H26BrNO2. The molecule has 37 heavy (non-hydrogen) atoms. The van der Waals surface area contributed by atoms with Crippen LogP contribution in [0.15, 0.2) is 102 Å². The van der Waals surface area contributed by atoms with Crippen molar-refractivity contribution >= 4 is 48.4 Å². The SMILES string of the molecule is CCCCOc1ccc(-c2cc(O)c3c(-c4ccc(Br)cc4)nc4ccc5ccccc5c4c3c2)cc1. The Kier molecular flexibility index (Phi) is 6.27. The highest BCUT2D eigenvalue weighted by atomic mass is 79.9. The summed E-state index contributed by atoms with van der Waals surface area (Å²) in [4.78, 5) is 5.07. The molecule has 1 N–H and O–H groups in total. The highest BCUT2D eigenvalue weighted by Crippen LogP contribution is 2.42. The van der Waals surface area contributed by atoms with Gasteiger partial charge in [-0.05, 0) is 76.2 Å². The van der Waals surface area contributed by atoms with Gasteiger partial charge in [-0.1, -0.05) is 83.9 Å². The van der Waals surface area contributed by atoms with Gasteiger partial charge < -0.3 is 9.84 Å². The minimum atomic E-state index is 0.219. The molecule has 0 radical (unpaired) electrons. The standard InChI is InChI=1S/C33H26BrNO2/c1-2-3-18-37-26-15-10-21(11-16-26)24-19-28-31-27-7-5-4-6-22(27)12-17-29(31)35-33(32(28)30(36)20-24)23-8-13-25(34)14-9-23/h4-17,19-20,36H,2-3,18H2,1H3. The Labute approximate surface area is 224 Å². The zero-order valence-corrected chi connectivity index (χ0v) is 22.1. The van der Waals surface area contributed by atoms with Crippen molar-refractivity contribution in [3.63, 3.8) is 0 Å². The van der Waals surface area contributed by atoms with Crippen molar-refractivity contribution in [1.82, 2.24) is 4.98 Å². The van der Waals surface area contributed by atoms with Crippen LogP contribution in [0.25, 0.3) is 54.8 Å². The molecule has 0 aliphatic carbocycles. The molecule has 6 rings (SSSR count). The number of hydrogen-bond acceptors (Lipinski definition) is 3. The Hall–Kier alpha value is -3.89. The first-order valence-electron chi connectivity index (χ1n) is 12.6. The lowest BCUT2D eigenvalue weighted by Gasteiger charge is -2.15. The van der Waals surface area contributed by atoms with E-state index in [4.69, 9.17) is 9.72 Å². The summed E-state index contributed by atoms with van der Waals surface area (Å²) in [5.41, 5.74) is 4.61. The Balaban J connectivity index is 1.60. The first kappa shape index (κ1) is 23.5. The molecule has 0 unspecified atom stereocenters. The van der Waals surface area contributed by atoms with Crippen molar-refractivity contribution in [3.05, 3.63) is 102 Å². The van der Waals surface area contributed by atoms with Crippen molar-refractivity contribution in [1.29, 1.82) is 0 Å². The summed E-state index contributed by atoms with van der Waals surface area (Å²) < 4.78 is 6.85. The third-order valence-electron chi connectivity index (χ3n) is 6.83. The number of halogens is 1. The predicted molar refractivity (Wildman–Crippen MR) is 157 cm³/mol. The fraction of sp³-hybridized carbons (Fsp3) is 0.121. The number of aromatic nitrogens is 1. The van der Waals surface area contributed by atoms with Crippen LogP contribution in [0.5, 0.6) is 11.5 Å². The minimum Gasteiger partial charge on any atom is -0.507 e. The molecule has 0 amide bonds. The average Bonchev–Trinajstić information content (AvgIpc) is 2.93. The van der Waals surface area contributed by atoms with Crippen LogP contribution >= 0.6 is 15.9 Å². The molecule has 0 fully saturated rings. The lowest BCUT2D eigenvalue weighted by molar-refractivity contribution is 0.309. The second kappa shape index (κ2) is 9.87. The van der Waals surface area contributed by atoms with Crippen LogP contribution in [0.4, 0.5) is 0 Å². The smallest absolute Gasteiger partial charge is 0.126 e. The molecule has 0 aliphatic rings. The molecule has 0 saturated heterocycles. The van der Waals surface area contributed by atoms with E-state index in [1.165, 1.54) is 0 Å². The van der Waals surface area contributed by atoms with Gasteiger partial charge in [-0.15, -0.1) is 0 Å². The largest absolute Gasteiger partial charge is 0.507 e. The maximum Gasteiger partial charge on any atom is 0.126 e. The van der Waals surface area contributed by atoms with E-state index < -0.39 is 0 Å². The number of hydrogen-bond donors (Lipinski definition) is 1. The second-order valence-electron chi connectivity index (χ2n) is 9.29. The van der Waals surface area contributed by atoms with E-state index in [0.29, 0.717) is 0 Å². The normalized spacial score (nSPS) is 11.4. The van der Waals surface area contributed by atoms with Crippen molar-refractivity contribution in [2.24, 2.45) is 0 Å². The number of aromatic hydroxyl groups is 1. The molecule has 0 spiro atoms. The highest BCUT2D eigenvalue weighted by molar-refractivity contribution is 9.10. The van der Waals surface area contributed by atoms with Crippen LogP contribution in [0.3, 0.4) is 0 Å². The van der Waals surface area contributed by atoms with Crippen LogP contribution < -0.4 is 4.74 Å². The number of pyridine rings is 1. The lowest BCUT2D eigenvalue weighted by atomic mass is 9.93. The van der Waals surface area contributed by atoms with Crippen LogP contribution in [0.1, 0.15) is 19.8 Å². The molecule has 0 atom stereocenters. The van der Waals surface area contributed by atoms with Gasteiger partial charge in [0, 0.05) is 15.4 Å². The van der Waals surface area contributed by atoms with Crippen molar-refractivity contribution < 1.29 is 9.84 Å². The molecular weight excluding hydrogens is 522 g/mol. The summed E-state index contributed by atoms with van der Waals surface area (Å²) in [5, 5.41) is 16.5. The van der Waals surface area contributed by atoms with Gasteiger partial charge in [-0.3, -0.25) is 0 Å². The number of fused-ring (bicyclic) bond motifs is 5. The van der Waals surface area contributed by atoms with E-state index in [2.05, 4.69) is 71.4 Å². The first-order chi connectivity index (χ1) is 18.1. The van der Waals surface area contributed by atoms with Gasteiger partial charge in [-0.2, -0.15) is 0 Å². The van der Waals surface area contributed by atoms with Gasteiger partial charge in [0.25, 0.3) is 0 Å². The van der Waals surface area contributed by atoms with E-state index in [9.17, 15) is 5.11 Å². The molecule has 1 heterocycles. The fourth-order valence-corrected chi connectivity index (χ4v) is 5.21. The molecule has 1 aromatic heterocycles. The quantitative estimate of drug-likeness (QED) is 0.167. The predicted octanol–water partition coefficient (Wildman–Crippen LogP) is 9.52. The molecule has 0 bridgehead atoms. The lowest BCUT2D eigenvalue weighted by Crippen LogP contribution is -1.96. The number of phenols is 1. The monoisotopic (exact) mass is 547 g/mol. The average molecular weight is 548 g/mol. The summed E-state index contributed by atoms with van der Waals surface area (Å²) in [6, 6.07) is 32.7. The fourth-order valence-electron chi connectivity index (χ4n) is 4.95. The number of phenolic OH excluding ortho intramolecular Hbond substituents is 1. The van der Waals surface area contributed by atoms with Gasteiger partial charge in [0.05, 0.1) is 23.2 Å². The van der Waals surface area contributed by atoms with Crippen LogP contribution in [0, 0.1) is 0 Å². The summed E-state index contributed by atoms with van der Waals surface area (Å²) in [5.74, 6) is 1.08. The first-order valence-corrected chi connectivity index (χ1v) is 13.4. The third kappa shape index (κ3) is 4.42. The molecule has 4 heteroatoms. The van der Waals surface area contributed by atoms with Gasteiger partial charge in [-0.25, -0.2) is 4.98 Å². The molecule has 6 aromatic rings. The Morgan fingerprint density at radius 3 is 2.30 bits per heavy atom. The van der Waals surface area contributed by atoms with Crippen molar-refractivity contribution in [2.75, 3.05) is 6.61 Å². The summed E-state index contributed by atoms with van der Waals surface area (Å²) in [6.45, 7) is 2.88. The number of unbranched alkanes of at least 4 members (excludes halogenated alkanes) is 1. The zero-order chi connectivity index (χ0) is 25.4. The Morgan fingerprint density at radius 1 is 0.757 bits per heavy atom. The van der Waals surface area contributed by atoms with Gasteiger partial charge in [0.1, 0.15) is 11.5 Å². The van der Waals surface area contributed by atoms with Crippen molar-refractivity contribution in [2.45, 2.75) is 19.8 Å². The Morgan fingerprint density at radius 2 is 1.51 bits per heavy atom. The number of ether oxygens (including phenoxy) is 1. The summed E-state index contributed by atoms with van der Waals surface area (Å²) in [7, 11) is 0. The minimum absolute atomic E-state index is 0.219. The molecule has 5 aromatic carbocycles. The van der Waals surface area contributed by atoms with Gasteiger partial charge in [0.2, 0.25) is 0 Å².